The van der Waals surface area contributed by atoms with Crippen molar-refractivity contribution in [2.24, 2.45) is 5.73 Å². The molecule has 0 saturated carbocycles. The van der Waals surface area contributed by atoms with Crippen molar-refractivity contribution in [1.29, 1.82) is 0 Å². The molecule has 116 valence electrons. The summed E-state index contributed by atoms with van der Waals surface area (Å²) in [7, 11) is 2.16. The highest BCUT2D eigenvalue weighted by atomic mass is 16.3. The molecule has 3 unspecified atom stereocenters. The third-order valence-electron chi connectivity index (χ3n) is 5.29. The lowest BCUT2D eigenvalue weighted by Gasteiger charge is -2.43. The Bertz CT molecular complexity index is 531. The fourth-order valence-electron chi connectivity index (χ4n) is 4.25. The van der Waals surface area contributed by atoms with E-state index in [0.717, 1.165) is 31.6 Å². The van der Waals surface area contributed by atoms with Crippen LogP contribution in [0.25, 0.3) is 0 Å². The molecule has 1 aliphatic carbocycles. The first-order valence-electron chi connectivity index (χ1n) is 7.99. The molecule has 2 aliphatic rings. The number of phenols is 1. The molecule has 1 saturated heterocycles. The third kappa shape index (κ3) is 2.45. The second-order valence-electron chi connectivity index (χ2n) is 6.77. The standard InChI is InChI=1S/C17H27N3O/c1-11-4-5-15(21)17-14(8-12(2)16(11)17)20-7-6-19(3)10-13(20)9-18/h4-5,12-14,21H,6-10,18H2,1-3H3. The minimum atomic E-state index is 0.317. The Morgan fingerprint density at radius 3 is 2.76 bits per heavy atom. The van der Waals surface area contributed by atoms with Gasteiger partial charge in [0.1, 0.15) is 5.75 Å². The van der Waals surface area contributed by atoms with Gasteiger partial charge < -0.3 is 15.7 Å². The average Bonchev–Trinajstić information content (AvgIpc) is 2.81. The summed E-state index contributed by atoms with van der Waals surface area (Å²) in [6.45, 7) is 8.23. The largest absolute Gasteiger partial charge is 0.508 e. The molecule has 1 aromatic carbocycles. The number of nitrogens with zero attached hydrogens (tertiary/aromatic N) is 2. The smallest absolute Gasteiger partial charge is 0.120 e. The van der Waals surface area contributed by atoms with E-state index >= 15 is 0 Å². The Hall–Kier alpha value is -1.10. The molecule has 1 aliphatic heterocycles. The number of aryl methyl sites for hydroxylation is 1. The molecule has 3 N–H and O–H groups in total. The maximum absolute atomic E-state index is 10.4. The van der Waals surface area contributed by atoms with Gasteiger partial charge in [-0.3, -0.25) is 4.90 Å². The molecule has 0 amide bonds. The lowest BCUT2D eigenvalue weighted by molar-refractivity contribution is 0.0537. The number of hydrogen-bond acceptors (Lipinski definition) is 4. The molecule has 0 bridgehead atoms. The number of phenolic OH excluding ortho intramolecular Hbond substituents is 1. The second-order valence-corrected chi connectivity index (χ2v) is 6.77. The average molecular weight is 289 g/mol. The van der Waals surface area contributed by atoms with Gasteiger partial charge in [-0.2, -0.15) is 0 Å². The van der Waals surface area contributed by atoms with E-state index < -0.39 is 0 Å². The molecule has 3 rings (SSSR count). The van der Waals surface area contributed by atoms with Gasteiger partial charge in [-0.05, 0) is 43.5 Å². The fourth-order valence-corrected chi connectivity index (χ4v) is 4.25. The number of likely N-dealkylation sites (N-methyl/N-ethyl adjacent to an activating group) is 1. The summed E-state index contributed by atoms with van der Waals surface area (Å²) in [6.07, 6.45) is 1.09. The quantitative estimate of drug-likeness (QED) is 0.872. The lowest BCUT2D eigenvalue weighted by Crippen LogP contribution is -2.55. The van der Waals surface area contributed by atoms with Crippen molar-refractivity contribution in [3.63, 3.8) is 0 Å². The van der Waals surface area contributed by atoms with Crippen molar-refractivity contribution in [3.8, 4) is 5.75 Å². The van der Waals surface area contributed by atoms with Crippen LogP contribution >= 0.6 is 0 Å². The summed E-state index contributed by atoms with van der Waals surface area (Å²) in [5.41, 5.74) is 9.83. The van der Waals surface area contributed by atoms with Gasteiger partial charge in [-0.1, -0.05) is 13.0 Å². The van der Waals surface area contributed by atoms with Crippen LogP contribution in [0.3, 0.4) is 0 Å². The maximum atomic E-state index is 10.4. The van der Waals surface area contributed by atoms with Crippen LogP contribution in [0.15, 0.2) is 12.1 Å². The Balaban J connectivity index is 1.97. The van der Waals surface area contributed by atoms with Crippen LogP contribution < -0.4 is 5.73 Å². The summed E-state index contributed by atoms with van der Waals surface area (Å²) in [5.74, 6) is 0.967. The zero-order valence-electron chi connectivity index (χ0n) is 13.3. The van der Waals surface area contributed by atoms with Gasteiger partial charge in [0.25, 0.3) is 0 Å². The van der Waals surface area contributed by atoms with E-state index in [9.17, 15) is 5.11 Å². The van der Waals surface area contributed by atoms with E-state index in [1.807, 2.05) is 12.1 Å². The summed E-state index contributed by atoms with van der Waals surface area (Å²) < 4.78 is 0. The molecule has 0 aromatic heterocycles. The number of rotatable bonds is 2. The maximum Gasteiger partial charge on any atom is 0.120 e. The molecular formula is C17H27N3O. The minimum absolute atomic E-state index is 0.317. The molecule has 0 radical (unpaired) electrons. The van der Waals surface area contributed by atoms with Crippen molar-refractivity contribution < 1.29 is 5.11 Å². The van der Waals surface area contributed by atoms with Gasteiger partial charge in [0, 0.05) is 43.8 Å². The van der Waals surface area contributed by atoms with Crippen LogP contribution in [0, 0.1) is 6.92 Å². The van der Waals surface area contributed by atoms with Crippen LogP contribution in [0.4, 0.5) is 0 Å². The highest BCUT2D eigenvalue weighted by Crippen LogP contribution is 2.49. The Kier molecular flexibility index (Phi) is 3.95. The number of hydrogen-bond donors (Lipinski definition) is 2. The zero-order chi connectivity index (χ0) is 15.1. The van der Waals surface area contributed by atoms with Crippen molar-refractivity contribution in [3.05, 3.63) is 28.8 Å². The molecule has 4 heteroatoms. The van der Waals surface area contributed by atoms with Crippen LogP contribution in [0.5, 0.6) is 5.75 Å². The number of piperazine rings is 1. The third-order valence-corrected chi connectivity index (χ3v) is 5.29. The van der Waals surface area contributed by atoms with Gasteiger partial charge in [-0.25, -0.2) is 0 Å². The highest BCUT2D eigenvalue weighted by molar-refractivity contribution is 5.51. The number of fused-ring (bicyclic) bond motifs is 1. The normalized spacial score (nSPS) is 30.6. The lowest BCUT2D eigenvalue weighted by atomic mass is 9.97. The van der Waals surface area contributed by atoms with Crippen molar-refractivity contribution >= 4 is 0 Å². The predicted octanol–water partition coefficient (Wildman–Crippen LogP) is 1.82. The van der Waals surface area contributed by atoms with E-state index in [1.54, 1.807) is 0 Å². The van der Waals surface area contributed by atoms with E-state index in [1.165, 1.54) is 11.1 Å². The fraction of sp³-hybridized carbons (Fsp3) is 0.647. The molecule has 1 heterocycles. The first-order chi connectivity index (χ1) is 10.0. The molecule has 1 aromatic rings. The molecule has 1 fully saturated rings. The van der Waals surface area contributed by atoms with E-state index in [4.69, 9.17) is 5.73 Å². The topological polar surface area (TPSA) is 52.7 Å². The van der Waals surface area contributed by atoms with Gasteiger partial charge in [0.15, 0.2) is 0 Å². The van der Waals surface area contributed by atoms with Crippen LogP contribution in [0.2, 0.25) is 0 Å². The Labute approximate surface area is 127 Å². The van der Waals surface area contributed by atoms with E-state index in [0.29, 0.717) is 30.3 Å². The van der Waals surface area contributed by atoms with Crippen LogP contribution in [-0.2, 0) is 0 Å². The van der Waals surface area contributed by atoms with E-state index in [2.05, 4.69) is 30.7 Å². The SMILES string of the molecule is Cc1ccc(O)c2c1C(C)CC2N1CCN(C)CC1CN. The summed E-state index contributed by atoms with van der Waals surface area (Å²) >= 11 is 0. The summed E-state index contributed by atoms with van der Waals surface area (Å²) in [5, 5.41) is 10.4. The number of benzene rings is 1. The highest BCUT2D eigenvalue weighted by Gasteiger charge is 2.39. The molecule has 4 nitrogen and oxygen atoms in total. The first-order valence-corrected chi connectivity index (χ1v) is 7.99. The number of nitrogens with two attached hydrogens (primary N) is 1. The van der Waals surface area contributed by atoms with Gasteiger partial charge in [-0.15, -0.1) is 0 Å². The van der Waals surface area contributed by atoms with Gasteiger partial charge in [0.2, 0.25) is 0 Å². The van der Waals surface area contributed by atoms with Crippen molar-refractivity contribution in [2.45, 2.75) is 38.3 Å². The monoisotopic (exact) mass is 289 g/mol. The van der Waals surface area contributed by atoms with Crippen LogP contribution in [0.1, 0.15) is 42.0 Å². The van der Waals surface area contributed by atoms with Crippen molar-refractivity contribution in [1.82, 2.24) is 9.80 Å². The van der Waals surface area contributed by atoms with Gasteiger partial charge >= 0.3 is 0 Å². The summed E-state index contributed by atoms with van der Waals surface area (Å²) in [6, 6.07) is 4.59. The minimum Gasteiger partial charge on any atom is -0.508 e. The molecule has 3 atom stereocenters. The summed E-state index contributed by atoms with van der Waals surface area (Å²) in [4.78, 5) is 4.88. The van der Waals surface area contributed by atoms with Gasteiger partial charge in [0.05, 0.1) is 0 Å². The van der Waals surface area contributed by atoms with Crippen LogP contribution in [-0.4, -0.2) is 54.2 Å². The molecule has 21 heavy (non-hydrogen) atoms. The Morgan fingerprint density at radius 1 is 1.29 bits per heavy atom. The Morgan fingerprint density at radius 2 is 2.05 bits per heavy atom. The molecular weight excluding hydrogens is 262 g/mol. The van der Waals surface area contributed by atoms with Crippen molar-refractivity contribution in [2.75, 3.05) is 33.2 Å². The second kappa shape index (κ2) is 5.59. The zero-order valence-corrected chi connectivity index (χ0v) is 13.3. The predicted molar refractivity (Wildman–Crippen MR) is 85.7 cm³/mol. The number of aromatic hydroxyl groups is 1. The molecule has 0 spiro atoms. The van der Waals surface area contributed by atoms with E-state index in [-0.39, 0.29) is 0 Å². The first kappa shape index (κ1) is 14.8.